The smallest absolute Gasteiger partial charge is 0.332 e. The highest BCUT2D eigenvalue weighted by Crippen LogP contribution is 2.26. The van der Waals surface area contributed by atoms with Gasteiger partial charge in [-0.2, -0.15) is 5.10 Å². The normalized spacial score (nSPS) is 10.8. The lowest BCUT2D eigenvalue weighted by Crippen LogP contribution is -2.24. The summed E-state index contributed by atoms with van der Waals surface area (Å²) in [4.78, 5) is 10.7. The van der Waals surface area contributed by atoms with Crippen molar-refractivity contribution in [2.45, 2.75) is 13.3 Å². The quantitative estimate of drug-likeness (QED) is 0.647. The number of primary amides is 1. The van der Waals surface area contributed by atoms with E-state index in [4.69, 9.17) is 10.5 Å². The minimum absolute atomic E-state index is 0.627. The molecule has 0 aliphatic heterocycles. The molecule has 0 radical (unpaired) electrons. The highest BCUT2D eigenvalue weighted by Gasteiger charge is 2.06. The number of nitrogens with one attached hydrogen (secondary N) is 1. The number of hydrazone groups is 1. The Kier molecular flexibility index (Phi) is 4.55. The molecule has 0 saturated heterocycles. The SMILES string of the molecule is CCCOc1ccc2ccccc2c1C=NNC(N)=O. The summed E-state index contributed by atoms with van der Waals surface area (Å²) < 4.78 is 5.72. The third-order valence-corrected chi connectivity index (χ3v) is 2.76. The number of hydrogen-bond donors (Lipinski definition) is 2. The zero-order valence-electron chi connectivity index (χ0n) is 11.3. The van der Waals surface area contributed by atoms with E-state index in [1.807, 2.05) is 43.3 Å². The van der Waals surface area contributed by atoms with Crippen molar-refractivity contribution in [1.82, 2.24) is 5.43 Å². The predicted octanol–water partition coefficient (Wildman–Crippen LogP) is 2.63. The van der Waals surface area contributed by atoms with E-state index in [1.54, 1.807) is 6.21 Å². The molecule has 20 heavy (non-hydrogen) atoms. The standard InChI is InChI=1S/C15H17N3O2/c1-2-9-20-14-8-7-11-5-3-4-6-12(11)13(14)10-17-18-15(16)19/h3-8,10H,2,9H2,1H3,(H3,16,18,19). The second-order valence-electron chi connectivity index (χ2n) is 4.28. The van der Waals surface area contributed by atoms with E-state index < -0.39 is 6.03 Å². The number of nitrogens with two attached hydrogens (primary N) is 1. The van der Waals surface area contributed by atoms with Crippen LogP contribution in [0, 0.1) is 0 Å². The number of carbonyl (C=O) groups excluding carboxylic acids is 1. The summed E-state index contributed by atoms with van der Waals surface area (Å²) in [6.45, 7) is 2.67. The predicted molar refractivity (Wildman–Crippen MR) is 80.0 cm³/mol. The van der Waals surface area contributed by atoms with Crippen molar-refractivity contribution >= 4 is 23.0 Å². The Labute approximate surface area is 117 Å². The van der Waals surface area contributed by atoms with Gasteiger partial charge < -0.3 is 10.5 Å². The van der Waals surface area contributed by atoms with Crippen molar-refractivity contribution in [3.05, 3.63) is 42.0 Å². The van der Waals surface area contributed by atoms with E-state index in [1.165, 1.54) is 0 Å². The van der Waals surface area contributed by atoms with Crippen LogP contribution in [0.25, 0.3) is 10.8 Å². The number of carbonyl (C=O) groups is 1. The third kappa shape index (κ3) is 3.26. The number of fused-ring (bicyclic) bond motifs is 1. The second kappa shape index (κ2) is 6.56. The van der Waals surface area contributed by atoms with Crippen molar-refractivity contribution < 1.29 is 9.53 Å². The lowest BCUT2D eigenvalue weighted by Gasteiger charge is -2.10. The molecule has 104 valence electrons. The van der Waals surface area contributed by atoms with Gasteiger partial charge >= 0.3 is 6.03 Å². The van der Waals surface area contributed by atoms with Gasteiger partial charge in [-0.1, -0.05) is 37.3 Å². The van der Waals surface area contributed by atoms with E-state index in [2.05, 4.69) is 10.5 Å². The van der Waals surface area contributed by atoms with Crippen LogP contribution in [0.3, 0.4) is 0 Å². The zero-order chi connectivity index (χ0) is 14.4. The summed E-state index contributed by atoms with van der Waals surface area (Å²) in [5.74, 6) is 0.737. The molecular weight excluding hydrogens is 254 g/mol. The van der Waals surface area contributed by atoms with Gasteiger partial charge in [-0.3, -0.25) is 0 Å². The first kappa shape index (κ1) is 13.9. The average Bonchev–Trinajstić information content (AvgIpc) is 2.45. The maximum Gasteiger partial charge on any atom is 0.332 e. The third-order valence-electron chi connectivity index (χ3n) is 2.76. The van der Waals surface area contributed by atoms with Crippen LogP contribution < -0.4 is 15.9 Å². The number of ether oxygens (including phenoxy) is 1. The van der Waals surface area contributed by atoms with Gasteiger partial charge in [0.2, 0.25) is 0 Å². The van der Waals surface area contributed by atoms with Crippen molar-refractivity contribution in [2.24, 2.45) is 10.8 Å². The largest absolute Gasteiger partial charge is 0.493 e. The molecule has 0 bridgehead atoms. The highest BCUT2D eigenvalue weighted by atomic mass is 16.5. The van der Waals surface area contributed by atoms with Gasteiger partial charge in [0.25, 0.3) is 0 Å². The molecule has 0 heterocycles. The molecule has 5 heteroatoms. The molecule has 0 atom stereocenters. The Balaban J connectivity index is 2.43. The number of amides is 2. The summed E-state index contributed by atoms with van der Waals surface area (Å²) in [5, 5.41) is 5.92. The number of nitrogens with zero attached hydrogens (tertiary/aromatic N) is 1. The second-order valence-corrected chi connectivity index (χ2v) is 4.28. The first-order valence-corrected chi connectivity index (χ1v) is 6.45. The molecule has 0 unspecified atom stereocenters. The fraction of sp³-hybridized carbons (Fsp3) is 0.200. The van der Waals surface area contributed by atoms with E-state index >= 15 is 0 Å². The Bertz CT molecular complexity index is 638. The van der Waals surface area contributed by atoms with Gasteiger partial charge in [0, 0.05) is 5.56 Å². The van der Waals surface area contributed by atoms with E-state index in [0.717, 1.165) is 28.5 Å². The van der Waals surface area contributed by atoms with Gasteiger partial charge in [-0.15, -0.1) is 0 Å². The molecular formula is C15H17N3O2. The van der Waals surface area contributed by atoms with Crippen LogP contribution in [-0.2, 0) is 0 Å². The van der Waals surface area contributed by atoms with E-state index in [-0.39, 0.29) is 0 Å². The maximum atomic E-state index is 10.7. The van der Waals surface area contributed by atoms with Gasteiger partial charge in [0.1, 0.15) is 5.75 Å². The van der Waals surface area contributed by atoms with Gasteiger partial charge in [-0.05, 0) is 23.3 Å². The first-order valence-electron chi connectivity index (χ1n) is 6.45. The Morgan fingerprint density at radius 2 is 2.15 bits per heavy atom. The van der Waals surface area contributed by atoms with Crippen molar-refractivity contribution in [2.75, 3.05) is 6.61 Å². The van der Waals surface area contributed by atoms with Crippen LogP contribution >= 0.6 is 0 Å². The van der Waals surface area contributed by atoms with Crippen LogP contribution in [0.2, 0.25) is 0 Å². The number of urea groups is 1. The van der Waals surface area contributed by atoms with Gasteiger partial charge in [0.05, 0.1) is 12.8 Å². The minimum atomic E-state index is -0.697. The molecule has 0 spiro atoms. The monoisotopic (exact) mass is 271 g/mol. The number of benzene rings is 2. The summed E-state index contributed by atoms with van der Waals surface area (Å²) in [6, 6.07) is 11.1. The van der Waals surface area contributed by atoms with Crippen LogP contribution in [0.15, 0.2) is 41.5 Å². The average molecular weight is 271 g/mol. The fourth-order valence-electron chi connectivity index (χ4n) is 1.91. The summed E-state index contributed by atoms with van der Waals surface area (Å²) in [6.07, 6.45) is 2.47. The molecule has 0 aromatic heterocycles. The maximum absolute atomic E-state index is 10.7. The van der Waals surface area contributed by atoms with E-state index in [9.17, 15) is 4.79 Å². The molecule has 5 nitrogen and oxygen atoms in total. The highest BCUT2D eigenvalue weighted by molar-refractivity contribution is 6.02. The van der Waals surface area contributed by atoms with Crippen molar-refractivity contribution in [3.8, 4) is 5.75 Å². The topological polar surface area (TPSA) is 76.7 Å². The molecule has 2 amide bonds. The lowest BCUT2D eigenvalue weighted by molar-refractivity contribution is 0.249. The Hall–Kier alpha value is -2.56. The molecule has 3 N–H and O–H groups in total. The Morgan fingerprint density at radius 1 is 1.35 bits per heavy atom. The number of rotatable bonds is 5. The van der Waals surface area contributed by atoms with Crippen LogP contribution in [0.5, 0.6) is 5.75 Å². The van der Waals surface area contributed by atoms with Gasteiger partial charge in [-0.25, -0.2) is 10.2 Å². The molecule has 2 aromatic rings. The van der Waals surface area contributed by atoms with Gasteiger partial charge in [0.15, 0.2) is 0 Å². The van der Waals surface area contributed by atoms with Crippen LogP contribution in [0.4, 0.5) is 4.79 Å². The molecule has 0 saturated carbocycles. The van der Waals surface area contributed by atoms with Crippen molar-refractivity contribution in [3.63, 3.8) is 0 Å². The minimum Gasteiger partial charge on any atom is -0.493 e. The first-order chi connectivity index (χ1) is 9.72. The summed E-state index contributed by atoms with van der Waals surface area (Å²) >= 11 is 0. The summed E-state index contributed by atoms with van der Waals surface area (Å²) in [7, 11) is 0. The molecule has 2 rings (SSSR count). The lowest BCUT2D eigenvalue weighted by atomic mass is 10.0. The molecule has 0 aliphatic rings. The molecule has 2 aromatic carbocycles. The number of hydrogen-bond acceptors (Lipinski definition) is 3. The van der Waals surface area contributed by atoms with Crippen LogP contribution in [0.1, 0.15) is 18.9 Å². The molecule has 0 fully saturated rings. The molecule has 0 aliphatic carbocycles. The van der Waals surface area contributed by atoms with E-state index in [0.29, 0.717) is 6.61 Å². The fourth-order valence-corrected chi connectivity index (χ4v) is 1.91. The van der Waals surface area contributed by atoms with Crippen LogP contribution in [-0.4, -0.2) is 18.9 Å². The Morgan fingerprint density at radius 3 is 2.90 bits per heavy atom. The summed E-state index contributed by atoms with van der Waals surface area (Å²) in [5.41, 5.74) is 8.01. The van der Waals surface area contributed by atoms with Crippen molar-refractivity contribution in [1.29, 1.82) is 0 Å². The zero-order valence-corrected chi connectivity index (χ0v) is 11.3.